The van der Waals surface area contributed by atoms with Gasteiger partial charge in [-0.05, 0) is 69.9 Å². The van der Waals surface area contributed by atoms with Crippen LogP contribution in [0.1, 0.15) is 63.1 Å². The van der Waals surface area contributed by atoms with Crippen molar-refractivity contribution in [1.29, 1.82) is 0 Å². The van der Waals surface area contributed by atoms with Gasteiger partial charge in [0.15, 0.2) is 23.6 Å². The first-order valence-electron chi connectivity index (χ1n) is 14.0. The van der Waals surface area contributed by atoms with Gasteiger partial charge in [0.2, 0.25) is 0 Å². The second kappa shape index (κ2) is 13.1. The second-order valence-electron chi connectivity index (χ2n) is 10.8. The molecule has 1 aromatic carbocycles. The molecule has 0 aliphatic heterocycles. The van der Waals surface area contributed by atoms with Gasteiger partial charge < -0.3 is 15.3 Å². The number of H-pyrrole nitrogens is 1. The van der Waals surface area contributed by atoms with Gasteiger partial charge >= 0.3 is 6.18 Å². The molecule has 14 heteroatoms. The van der Waals surface area contributed by atoms with Crippen LogP contribution in [0, 0.1) is 24.5 Å². The summed E-state index contributed by atoms with van der Waals surface area (Å²) in [6.45, 7) is 7.09. The summed E-state index contributed by atoms with van der Waals surface area (Å²) in [5, 5.41) is 24.8. The molecule has 238 valence electrons. The van der Waals surface area contributed by atoms with Crippen molar-refractivity contribution < 1.29 is 27.1 Å². The van der Waals surface area contributed by atoms with E-state index in [2.05, 4.69) is 20.6 Å². The highest BCUT2D eigenvalue weighted by Gasteiger charge is 2.44. The average Bonchev–Trinajstić information content (AvgIpc) is 3.60. The molecule has 0 saturated heterocycles. The number of halogens is 5. The monoisotopic (exact) mass is 637 g/mol. The molecule has 3 aromatic rings. The summed E-state index contributed by atoms with van der Waals surface area (Å²) in [5.41, 5.74) is 2.00. The van der Waals surface area contributed by atoms with E-state index >= 15 is 8.78 Å². The number of aliphatic imine (C=N–C) groups is 1. The lowest BCUT2D eigenvalue weighted by Gasteiger charge is -2.24. The Morgan fingerprint density at radius 3 is 2.36 bits per heavy atom. The van der Waals surface area contributed by atoms with E-state index in [9.17, 15) is 18.3 Å². The number of thioether (sulfide) groups is 1. The Hall–Kier alpha value is -3.65. The fourth-order valence-corrected chi connectivity index (χ4v) is 5.37. The van der Waals surface area contributed by atoms with Crippen LogP contribution in [0.3, 0.4) is 0 Å². The zero-order chi connectivity index (χ0) is 32.5. The number of rotatable bonds is 10. The largest absolute Gasteiger partial charge is 0.420 e. The zero-order valence-corrected chi connectivity index (χ0v) is 26.4. The summed E-state index contributed by atoms with van der Waals surface area (Å²) < 4.78 is 72.7. The van der Waals surface area contributed by atoms with E-state index in [1.54, 1.807) is 19.2 Å². The lowest BCUT2D eigenvalue weighted by Crippen LogP contribution is -2.26. The molecule has 2 aromatic heterocycles. The Morgan fingerprint density at radius 1 is 1.23 bits per heavy atom. The van der Waals surface area contributed by atoms with Crippen LogP contribution >= 0.6 is 11.8 Å². The number of alkyl halides is 3. The maximum absolute atomic E-state index is 15.1. The number of anilines is 2. The Bertz CT molecular complexity index is 1590. The van der Waals surface area contributed by atoms with E-state index in [0.717, 1.165) is 28.8 Å². The van der Waals surface area contributed by atoms with Gasteiger partial charge in [-0.2, -0.15) is 23.4 Å². The lowest BCUT2D eigenvalue weighted by atomic mass is 9.88. The smallest absolute Gasteiger partial charge is 0.378 e. The third-order valence-corrected chi connectivity index (χ3v) is 8.27. The van der Waals surface area contributed by atoms with Crippen molar-refractivity contribution in [3.8, 4) is 0 Å². The molecule has 2 heterocycles. The van der Waals surface area contributed by atoms with Gasteiger partial charge in [0.1, 0.15) is 17.3 Å². The number of aromatic amines is 1. The number of aryl methyl sites for hydroxylation is 2. The fraction of sp³-hybridized carbons (Fsp3) is 0.433. The quantitative estimate of drug-likeness (QED) is 0.0700. The molecule has 1 saturated carbocycles. The van der Waals surface area contributed by atoms with Gasteiger partial charge in [0, 0.05) is 41.9 Å². The Morgan fingerprint density at radius 2 is 1.86 bits per heavy atom. The third-order valence-electron chi connectivity index (χ3n) is 7.56. The minimum atomic E-state index is -4.93. The number of aliphatic hydroxyl groups excluding tert-OH is 1. The van der Waals surface area contributed by atoms with E-state index in [0.29, 0.717) is 28.3 Å². The Kier molecular flexibility index (Phi) is 9.93. The molecule has 1 unspecified atom stereocenters. The molecular weight excluding hydrogens is 601 g/mol. The van der Waals surface area contributed by atoms with Gasteiger partial charge in [0.05, 0.1) is 11.9 Å². The van der Waals surface area contributed by atoms with Gasteiger partial charge in [0.25, 0.3) is 0 Å². The van der Waals surface area contributed by atoms with E-state index < -0.39 is 29.6 Å². The Balaban J connectivity index is 1.98. The van der Waals surface area contributed by atoms with Gasteiger partial charge in [-0.3, -0.25) is 9.78 Å². The minimum absolute atomic E-state index is 0.0960. The number of hydrogen-bond donors (Lipinski definition) is 3. The number of benzene rings is 1. The van der Waals surface area contributed by atoms with Crippen molar-refractivity contribution >= 4 is 34.7 Å². The second-order valence-corrected chi connectivity index (χ2v) is 11.7. The molecule has 8 nitrogen and oxygen atoms in total. The van der Waals surface area contributed by atoms with Gasteiger partial charge in [-0.15, -0.1) is 11.8 Å². The number of aromatic nitrogens is 4. The molecule has 1 aliphatic carbocycles. The standard InChI is InChI=1S/C30H36F5N7OS/c1-8-15(2)24(20-14-36-42(6)26(20)28(43)30(33,34)35)25(18-9-10-18)29(38-23-11-16(3)39-40-23)37-17(4)41(5)27-21(31)12-19(44-7)13-22(27)32/h11-14,18,28,43H,8-10H2,1-7H3,(H2,38,39,40)/b24-15+,29-25+,37-17+. The van der Waals surface area contributed by atoms with Gasteiger partial charge in [-0.25, -0.2) is 13.8 Å². The molecular formula is C30H36F5N7OS. The topological polar surface area (TPSA) is 94.4 Å². The summed E-state index contributed by atoms with van der Waals surface area (Å²) in [4.78, 5) is 6.52. The van der Waals surface area contributed by atoms with Crippen LogP contribution in [0.5, 0.6) is 0 Å². The number of allylic oxidation sites excluding steroid dienone is 3. The van der Waals surface area contributed by atoms with Crippen LogP contribution in [-0.4, -0.2) is 50.4 Å². The predicted molar refractivity (Wildman–Crippen MR) is 163 cm³/mol. The number of aliphatic hydroxyl groups is 1. The first kappa shape index (κ1) is 33.2. The molecule has 0 radical (unpaired) electrons. The highest BCUT2D eigenvalue weighted by atomic mass is 32.2. The van der Waals surface area contributed by atoms with E-state index in [1.807, 2.05) is 20.8 Å². The molecule has 44 heavy (non-hydrogen) atoms. The van der Waals surface area contributed by atoms with E-state index in [-0.39, 0.29) is 28.8 Å². The average molecular weight is 638 g/mol. The first-order chi connectivity index (χ1) is 20.7. The number of amidine groups is 1. The summed E-state index contributed by atoms with van der Waals surface area (Å²) in [6.07, 6.45) is -2.71. The van der Waals surface area contributed by atoms with Crippen LogP contribution in [0.25, 0.3) is 5.57 Å². The highest BCUT2D eigenvalue weighted by molar-refractivity contribution is 7.98. The van der Waals surface area contributed by atoms with E-state index in [1.165, 1.54) is 49.1 Å². The van der Waals surface area contributed by atoms with Crippen molar-refractivity contribution in [3.05, 3.63) is 69.9 Å². The predicted octanol–water partition coefficient (Wildman–Crippen LogP) is 7.52. The van der Waals surface area contributed by atoms with Crippen LogP contribution in [0.2, 0.25) is 0 Å². The van der Waals surface area contributed by atoms with E-state index in [4.69, 9.17) is 4.99 Å². The highest BCUT2D eigenvalue weighted by Crippen LogP contribution is 2.48. The van der Waals surface area contributed by atoms with Crippen molar-refractivity contribution in [1.82, 2.24) is 20.0 Å². The summed E-state index contributed by atoms with van der Waals surface area (Å²) in [6, 6.07) is 4.22. The molecule has 0 amide bonds. The summed E-state index contributed by atoms with van der Waals surface area (Å²) >= 11 is 1.21. The zero-order valence-electron chi connectivity index (χ0n) is 25.6. The molecule has 1 aliphatic rings. The fourth-order valence-electron chi connectivity index (χ4n) is 4.93. The lowest BCUT2D eigenvalue weighted by molar-refractivity contribution is -0.208. The van der Waals surface area contributed by atoms with Gasteiger partial charge in [-0.1, -0.05) is 12.5 Å². The third kappa shape index (κ3) is 7.01. The minimum Gasteiger partial charge on any atom is -0.378 e. The van der Waals surface area contributed by atoms with Crippen LogP contribution in [0.4, 0.5) is 33.5 Å². The SMILES string of the molecule is CC/C(C)=C(/C(=C(\N=C(/C)N(C)c1c(F)cc(SC)cc1F)Nc1cc(C)[nH]n1)C1CC1)c1cnn(C)c1C(O)C(F)(F)F. The number of nitrogens with one attached hydrogen (secondary N) is 2. The van der Waals surface area contributed by atoms with Crippen LogP contribution in [-0.2, 0) is 7.05 Å². The molecule has 1 fully saturated rings. The summed E-state index contributed by atoms with van der Waals surface area (Å²) in [5.74, 6) is -0.766. The normalized spacial score (nSPS) is 16.1. The van der Waals surface area contributed by atoms with Crippen LogP contribution in [0.15, 0.2) is 51.3 Å². The first-order valence-corrected chi connectivity index (χ1v) is 15.2. The number of hydrogen-bond acceptors (Lipinski definition) is 6. The maximum atomic E-state index is 15.1. The Labute approximate surface area is 257 Å². The van der Waals surface area contributed by atoms with Crippen LogP contribution < -0.4 is 10.2 Å². The van der Waals surface area contributed by atoms with Crippen molar-refractivity contribution in [2.75, 3.05) is 23.5 Å². The number of nitrogens with zero attached hydrogens (tertiary/aromatic N) is 5. The van der Waals surface area contributed by atoms with Crippen molar-refractivity contribution in [3.63, 3.8) is 0 Å². The van der Waals surface area contributed by atoms with Crippen molar-refractivity contribution in [2.45, 2.75) is 64.1 Å². The summed E-state index contributed by atoms with van der Waals surface area (Å²) in [7, 11) is 2.83. The molecule has 4 rings (SSSR count). The van der Waals surface area contributed by atoms with Crippen molar-refractivity contribution in [2.24, 2.45) is 18.0 Å². The maximum Gasteiger partial charge on any atom is 0.420 e. The molecule has 1 atom stereocenters. The molecule has 0 spiro atoms. The molecule has 3 N–H and O–H groups in total. The molecule has 0 bridgehead atoms.